The number of ether oxygens (including phenoxy) is 1. The molecule has 1 aliphatic heterocycles. The van der Waals surface area contributed by atoms with Crippen LogP contribution in [0.25, 0.3) is 0 Å². The summed E-state index contributed by atoms with van der Waals surface area (Å²) in [5, 5.41) is 2.52. The van der Waals surface area contributed by atoms with Gasteiger partial charge in [0.25, 0.3) is 5.91 Å². The van der Waals surface area contributed by atoms with Gasteiger partial charge in [0.05, 0.1) is 12.3 Å². The van der Waals surface area contributed by atoms with E-state index in [4.69, 9.17) is 14.9 Å². The van der Waals surface area contributed by atoms with E-state index in [0.29, 0.717) is 18.7 Å². The maximum Gasteiger partial charge on any atom is 0.301 e. The molecule has 1 fully saturated rings. The molecule has 1 amide bonds. The predicted molar refractivity (Wildman–Crippen MR) is 52.2 cm³/mol. The zero-order valence-corrected chi connectivity index (χ0v) is 8.45. The molecule has 1 unspecified atom stereocenters. The second-order valence-electron chi connectivity index (χ2n) is 3.71. The average molecular weight is 211 g/mol. The van der Waals surface area contributed by atoms with Crippen molar-refractivity contribution < 1.29 is 13.9 Å². The first-order valence-corrected chi connectivity index (χ1v) is 4.70. The Morgan fingerprint density at radius 3 is 3.07 bits per heavy atom. The van der Waals surface area contributed by atoms with Crippen molar-refractivity contribution in [1.82, 2.24) is 4.98 Å². The van der Waals surface area contributed by atoms with Gasteiger partial charge in [-0.25, -0.2) is 0 Å². The van der Waals surface area contributed by atoms with E-state index in [1.165, 1.54) is 6.26 Å². The largest absolute Gasteiger partial charge is 0.432 e. The van der Waals surface area contributed by atoms with Gasteiger partial charge in [0.15, 0.2) is 0 Å². The number of amides is 1. The Labute approximate surface area is 86.8 Å². The van der Waals surface area contributed by atoms with Gasteiger partial charge in [-0.1, -0.05) is 0 Å². The fraction of sp³-hybridized carbons (Fsp3) is 0.556. The summed E-state index contributed by atoms with van der Waals surface area (Å²) < 4.78 is 10.1. The molecule has 15 heavy (non-hydrogen) atoms. The number of anilines is 1. The number of nitrogens with two attached hydrogens (primary N) is 1. The van der Waals surface area contributed by atoms with Gasteiger partial charge in [-0.15, -0.1) is 0 Å². The van der Waals surface area contributed by atoms with Crippen LogP contribution in [0.15, 0.2) is 10.7 Å². The minimum absolute atomic E-state index is 0.175. The predicted octanol–water partition coefficient (Wildman–Crippen LogP) is 0.0393. The molecule has 2 heterocycles. The van der Waals surface area contributed by atoms with Crippen molar-refractivity contribution in [2.45, 2.75) is 18.9 Å². The van der Waals surface area contributed by atoms with Gasteiger partial charge in [0.1, 0.15) is 11.8 Å². The van der Waals surface area contributed by atoms with Gasteiger partial charge in [0.2, 0.25) is 0 Å². The fourth-order valence-corrected chi connectivity index (χ4v) is 1.39. The molecular formula is C9H13N3O3. The third-order valence-electron chi connectivity index (χ3n) is 2.34. The summed E-state index contributed by atoms with van der Waals surface area (Å²) >= 11 is 0. The monoisotopic (exact) mass is 211 g/mol. The number of carbonyl (C=O) groups is 1. The lowest BCUT2D eigenvalue weighted by molar-refractivity contribution is -0.121. The number of nitrogens with one attached hydrogen (secondary N) is 1. The highest BCUT2D eigenvalue weighted by Gasteiger charge is 2.38. The second kappa shape index (κ2) is 3.63. The summed E-state index contributed by atoms with van der Waals surface area (Å²) in [6.07, 6.45) is 1.97. The van der Waals surface area contributed by atoms with Gasteiger partial charge in [0, 0.05) is 6.61 Å². The summed E-state index contributed by atoms with van der Waals surface area (Å²) in [6.45, 7) is 2.52. The van der Waals surface area contributed by atoms with Crippen molar-refractivity contribution in [2.75, 3.05) is 18.5 Å². The number of aromatic nitrogens is 1. The van der Waals surface area contributed by atoms with Crippen LogP contribution in [0.3, 0.4) is 0 Å². The molecule has 0 radical (unpaired) electrons. The average Bonchev–Trinajstić information content (AvgIpc) is 2.76. The highest BCUT2D eigenvalue weighted by molar-refractivity contribution is 5.96. The van der Waals surface area contributed by atoms with Gasteiger partial charge in [-0.05, 0) is 13.3 Å². The van der Waals surface area contributed by atoms with Crippen LogP contribution < -0.4 is 11.1 Å². The van der Waals surface area contributed by atoms with E-state index >= 15 is 0 Å². The van der Waals surface area contributed by atoms with Crippen LogP contribution in [0.5, 0.6) is 0 Å². The molecule has 1 saturated heterocycles. The number of hydrogen-bond acceptors (Lipinski definition) is 5. The number of rotatable bonds is 2. The molecule has 0 aromatic carbocycles. The number of carbonyl (C=O) groups excluding carboxylic acids is 1. The molecule has 1 aliphatic rings. The summed E-state index contributed by atoms with van der Waals surface area (Å²) in [5.74, 6) is -0.318. The lowest BCUT2D eigenvalue weighted by Crippen LogP contribution is -2.51. The molecule has 0 bridgehead atoms. The van der Waals surface area contributed by atoms with E-state index in [1.807, 2.05) is 0 Å². The molecule has 1 aromatic rings. The van der Waals surface area contributed by atoms with Crippen molar-refractivity contribution in [1.29, 1.82) is 0 Å². The van der Waals surface area contributed by atoms with E-state index in [9.17, 15) is 4.79 Å². The quantitative estimate of drug-likeness (QED) is 0.720. The lowest BCUT2D eigenvalue weighted by Gasteiger charge is -2.18. The normalized spacial score (nSPS) is 25.5. The van der Waals surface area contributed by atoms with Crippen LogP contribution in [-0.4, -0.2) is 29.6 Å². The van der Waals surface area contributed by atoms with Crippen LogP contribution in [0.1, 0.15) is 12.1 Å². The zero-order chi connectivity index (χ0) is 10.9. The minimum atomic E-state index is -0.956. The Bertz CT molecular complexity index is 368. The topological polar surface area (TPSA) is 90.4 Å². The first-order chi connectivity index (χ1) is 7.10. The van der Waals surface area contributed by atoms with Crippen LogP contribution in [0, 0.1) is 6.92 Å². The summed E-state index contributed by atoms with van der Waals surface area (Å²) in [4.78, 5) is 15.7. The zero-order valence-electron chi connectivity index (χ0n) is 8.45. The molecule has 3 N–H and O–H groups in total. The Hall–Kier alpha value is -1.40. The number of oxazole rings is 1. The van der Waals surface area contributed by atoms with Gasteiger partial charge < -0.3 is 14.9 Å². The molecule has 6 heteroatoms. The SMILES string of the molecule is Cc1coc(NC(=O)C2(N)CCOC2)n1. The standard InChI is InChI=1S/C9H13N3O3/c1-6-4-15-8(11-6)12-7(13)9(10)2-3-14-5-9/h4H,2-3,5,10H2,1H3,(H,11,12,13). The molecule has 82 valence electrons. The fourth-order valence-electron chi connectivity index (χ4n) is 1.39. The van der Waals surface area contributed by atoms with Crippen molar-refractivity contribution in [3.63, 3.8) is 0 Å². The molecule has 6 nitrogen and oxygen atoms in total. The Kier molecular flexibility index (Phi) is 2.45. The highest BCUT2D eigenvalue weighted by Crippen LogP contribution is 2.17. The maximum absolute atomic E-state index is 11.7. The third-order valence-corrected chi connectivity index (χ3v) is 2.34. The van der Waals surface area contributed by atoms with Gasteiger partial charge in [-0.3, -0.25) is 10.1 Å². The Morgan fingerprint density at radius 1 is 1.73 bits per heavy atom. The molecular weight excluding hydrogens is 198 g/mol. The number of hydrogen-bond donors (Lipinski definition) is 2. The first-order valence-electron chi connectivity index (χ1n) is 4.70. The first kappa shape index (κ1) is 10.1. The van der Waals surface area contributed by atoms with Crippen LogP contribution in [-0.2, 0) is 9.53 Å². The van der Waals surface area contributed by atoms with Crippen molar-refractivity contribution in [3.05, 3.63) is 12.0 Å². The van der Waals surface area contributed by atoms with Crippen LogP contribution in [0.4, 0.5) is 6.01 Å². The number of nitrogens with zero attached hydrogens (tertiary/aromatic N) is 1. The Morgan fingerprint density at radius 2 is 2.53 bits per heavy atom. The third kappa shape index (κ3) is 2.00. The van der Waals surface area contributed by atoms with Crippen LogP contribution in [0.2, 0.25) is 0 Å². The molecule has 1 aromatic heterocycles. The van der Waals surface area contributed by atoms with E-state index < -0.39 is 5.54 Å². The number of aryl methyl sites for hydroxylation is 1. The molecule has 0 aliphatic carbocycles. The molecule has 1 atom stereocenters. The molecule has 0 spiro atoms. The summed E-state index contributed by atoms with van der Waals surface area (Å²) in [7, 11) is 0. The van der Waals surface area contributed by atoms with Crippen molar-refractivity contribution >= 4 is 11.9 Å². The van der Waals surface area contributed by atoms with Crippen LogP contribution >= 0.6 is 0 Å². The Balaban J connectivity index is 2.03. The molecule has 0 saturated carbocycles. The van der Waals surface area contributed by atoms with Crippen molar-refractivity contribution in [3.8, 4) is 0 Å². The lowest BCUT2D eigenvalue weighted by atomic mass is 10.00. The maximum atomic E-state index is 11.7. The van der Waals surface area contributed by atoms with E-state index in [1.54, 1.807) is 6.92 Å². The molecule has 2 rings (SSSR count). The summed E-state index contributed by atoms with van der Waals surface area (Å²) in [6, 6.07) is 0.175. The van der Waals surface area contributed by atoms with Gasteiger partial charge >= 0.3 is 6.01 Å². The minimum Gasteiger partial charge on any atom is -0.432 e. The second-order valence-corrected chi connectivity index (χ2v) is 3.71. The van der Waals surface area contributed by atoms with Crippen molar-refractivity contribution in [2.24, 2.45) is 5.73 Å². The summed E-state index contributed by atoms with van der Waals surface area (Å²) in [5.41, 5.74) is 5.60. The highest BCUT2D eigenvalue weighted by atomic mass is 16.5. The smallest absolute Gasteiger partial charge is 0.301 e. The van der Waals surface area contributed by atoms with Gasteiger partial charge in [-0.2, -0.15) is 4.98 Å². The van der Waals surface area contributed by atoms with E-state index in [0.717, 1.165) is 0 Å². The van der Waals surface area contributed by atoms with E-state index in [-0.39, 0.29) is 18.5 Å². The van der Waals surface area contributed by atoms with E-state index in [2.05, 4.69) is 10.3 Å².